The molecule has 2 aliphatic rings. The molecule has 0 spiro atoms. The highest BCUT2D eigenvalue weighted by Crippen LogP contribution is 2.33. The van der Waals surface area contributed by atoms with Gasteiger partial charge >= 0.3 is 0 Å². The van der Waals surface area contributed by atoms with Crippen LogP contribution in [-0.4, -0.2) is 40.7 Å². The number of fused-ring (bicyclic) bond motifs is 1. The first-order chi connectivity index (χ1) is 8.46. The molecule has 1 fully saturated rings. The van der Waals surface area contributed by atoms with Crippen LogP contribution in [0.3, 0.4) is 0 Å². The third kappa shape index (κ3) is 2.06. The summed E-state index contributed by atoms with van der Waals surface area (Å²) in [5.41, 5.74) is 0.932. The number of hydrogen-bond donors (Lipinski definition) is 1. The Kier molecular flexibility index (Phi) is 2.91. The molecule has 1 aromatic heterocycles. The summed E-state index contributed by atoms with van der Waals surface area (Å²) in [6.07, 6.45) is 1.60. The average Bonchev–Trinajstić information content (AvgIpc) is 2.80. The lowest BCUT2D eigenvalue weighted by molar-refractivity contribution is 0.129. The molecule has 0 aliphatic carbocycles. The van der Waals surface area contributed by atoms with Gasteiger partial charge in [0.25, 0.3) is 0 Å². The Balaban J connectivity index is 1.98. The number of aromatic nitrogens is 2. The van der Waals surface area contributed by atoms with Gasteiger partial charge in [0.05, 0.1) is 29.8 Å². The molecular weight excluding hydrogens is 276 g/mol. The lowest BCUT2D eigenvalue weighted by Gasteiger charge is -2.22. The van der Waals surface area contributed by atoms with Crippen molar-refractivity contribution in [3.63, 3.8) is 0 Å². The van der Waals surface area contributed by atoms with E-state index in [2.05, 4.69) is 4.98 Å². The van der Waals surface area contributed by atoms with E-state index < -0.39 is 9.84 Å². The second-order valence-corrected chi connectivity index (χ2v) is 7.70. The van der Waals surface area contributed by atoms with Crippen molar-refractivity contribution in [2.75, 3.05) is 11.5 Å². The van der Waals surface area contributed by atoms with Gasteiger partial charge in [0.2, 0.25) is 0 Å². The summed E-state index contributed by atoms with van der Waals surface area (Å²) in [7, 11) is -2.93. The molecule has 7 heteroatoms. The fourth-order valence-corrected chi connectivity index (χ4v) is 4.85. The summed E-state index contributed by atoms with van der Waals surface area (Å²) in [5.74, 6) is 1.02. The van der Waals surface area contributed by atoms with Crippen LogP contribution in [0.1, 0.15) is 30.3 Å². The standard InChI is InChI=1S/C11H15ClN2O3S/c12-10-9-2-1-8(15)5-14(9)11(13-10)7-3-4-18(16,17)6-7/h7-8,15H,1-6H2. The highest BCUT2D eigenvalue weighted by Gasteiger charge is 2.34. The summed E-state index contributed by atoms with van der Waals surface area (Å²) in [6.45, 7) is 0.473. The van der Waals surface area contributed by atoms with E-state index in [1.807, 2.05) is 4.57 Å². The second-order valence-electron chi connectivity index (χ2n) is 5.11. The highest BCUT2D eigenvalue weighted by molar-refractivity contribution is 7.91. The van der Waals surface area contributed by atoms with Gasteiger partial charge in [-0.3, -0.25) is 0 Å². The van der Waals surface area contributed by atoms with Gasteiger partial charge in [-0.1, -0.05) is 11.6 Å². The zero-order valence-corrected chi connectivity index (χ0v) is 11.4. The van der Waals surface area contributed by atoms with Crippen molar-refractivity contribution in [3.05, 3.63) is 16.7 Å². The second kappa shape index (κ2) is 4.21. The van der Waals surface area contributed by atoms with Crippen molar-refractivity contribution in [2.24, 2.45) is 0 Å². The zero-order chi connectivity index (χ0) is 12.9. The predicted octanol–water partition coefficient (Wildman–Crippen LogP) is 0.746. The summed E-state index contributed by atoms with van der Waals surface area (Å²) in [4.78, 5) is 4.33. The molecule has 0 bridgehead atoms. The van der Waals surface area contributed by atoms with Gasteiger partial charge in [-0.25, -0.2) is 13.4 Å². The van der Waals surface area contributed by atoms with Crippen molar-refractivity contribution in [1.82, 2.24) is 9.55 Å². The Hall–Kier alpha value is -0.590. The minimum absolute atomic E-state index is 0.0773. The maximum absolute atomic E-state index is 11.5. The van der Waals surface area contributed by atoms with Gasteiger partial charge in [-0.2, -0.15) is 0 Å². The Morgan fingerprint density at radius 1 is 1.39 bits per heavy atom. The van der Waals surface area contributed by atoms with E-state index in [1.54, 1.807) is 0 Å². The smallest absolute Gasteiger partial charge is 0.151 e. The third-order valence-electron chi connectivity index (χ3n) is 3.76. The highest BCUT2D eigenvalue weighted by atomic mass is 35.5. The number of aliphatic hydroxyl groups excluding tert-OH is 1. The van der Waals surface area contributed by atoms with Crippen LogP contribution in [0, 0.1) is 0 Å². The van der Waals surface area contributed by atoms with Crippen molar-refractivity contribution < 1.29 is 13.5 Å². The molecule has 0 saturated carbocycles. The molecule has 5 nitrogen and oxygen atoms in total. The lowest BCUT2D eigenvalue weighted by atomic mass is 10.1. The maximum atomic E-state index is 11.5. The van der Waals surface area contributed by atoms with Crippen LogP contribution in [0.15, 0.2) is 0 Å². The van der Waals surface area contributed by atoms with Crippen molar-refractivity contribution in [2.45, 2.75) is 37.8 Å². The molecule has 2 atom stereocenters. The number of hydrogen-bond acceptors (Lipinski definition) is 4. The van der Waals surface area contributed by atoms with Crippen molar-refractivity contribution in [3.8, 4) is 0 Å². The first kappa shape index (κ1) is 12.4. The Labute approximate surface area is 111 Å². The Morgan fingerprint density at radius 3 is 2.83 bits per heavy atom. The minimum Gasteiger partial charge on any atom is -0.391 e. The van der Waals surface area contributed by atoms with Gasteiger partial charge < -0.3 is 9.67 Å². The van der Waals surface area contributed by atoms with E-state index in [0.717, 1.165) is 11.5 Å². The number of sulfone groups is 1. The monoisotopic (exact) mass is 290 g/mol. The molecule has 0 amide bonds. The maximum Gasteiger partial charge on any atom is 0.151 e. The van der Waals surface area contributed by atoms with Crippen molar-refractivity contribution >= 4 is 21.4 Å². The predicted molar refractivity (Wildman–Crippen MR) is 67.6 cm³/mol. The molecule has 3 heterocycles. The summed E-state index contributed by atoms with van der Waals surface area (Å²) < 4.78 is 25.0. The van der Waals surface area contributed by atoms with Crippen LogP contribution in [0.25, 0.3) is 0 Å². The SMILES string of the molecule is O=S1(=O)CCC(c2nc(Cl)c3n2CC(O)CC3)C1. The average molecular weight is 291 g/mol. The third-order valence-corrected chi connectivity index (χ3v) is 5.83. The Morgan fingerprint density at radius 2 is 2.17 bits per heavy atom. The molecule has 2 aliphatic heterocycles. The van der Waals surface area contributed by atoms with E-state index in [9.17, 15) is 13.5 Å². The fourth-order valence-electron chi connectivity index (χ4n) is 2.83. The van der Waals surface area contributed by atoms with E-state index >= 15 is 0 Å². The van der Waals surface area contributed by atoms with E-state index in [4.69, 9.17) is 11.6 Å². The van der Waals surface area contributed by atoms with Crippen LogP contribution < -0.4 is 0 Å². The topological polar surface area (TPSA) is 72.2 Å². The fraction of sp³-hybridized carbons (Fsp3) is 0.727. The molecule has 18 heavy (non-hydrogen) atoms. The molecule has 2 unspecified atom stereocenters. The van der Waals surface area contributed by atoms with Crippen LogP contribution in [0.5, 0.6) is 0 Å². The number of nitrogens with zero attached hydrogens (tertiary/aromatic N) is 2. The molecular formula is C11H15ClN2O3S. The lowest BCUT2D eigenvalue weighted by Crippen LogP contribution is -2.26. The van der Waals surface area contributed by atoms with E-state index in [1.165, 1.54) is 0 Å². The van der Waals surface area contributed by atoms with Crippen molar-refractivity contribution in [1.29, 1.82) is 0 Å². The number of rotatable bonds is 1. The molecule has 1 N–H and O–H groups in total. The zero-order valence-electron chi connectivity index (χ0n) is 9.84. The largest absolute Gasteiger partial charge is 0.391 e. The van der Waals surface area contributed by atoms with Gasteiger partial charge in [0.1, 0.15) is 5.82 Å². The summed E-state index contributed by atoms with van der Waals surface area (Å²) in [5, 5.41) is 10.2. The molecule has 0 aromatic carbocycles. The van der Waals surface area contributed by atoms with E-state index in [-0.39, 0.29) is 23.5 Å². The van der Waals surface area contributed by atoms with Crippen LogP contribution in [-0.2, 0) is 22.8 Å². The number of imidazole rings is 1. The molecule has 1 saturated heterocycles. The Bertz CT molecular complexity index is 581. The van der Waals surface area contributed by atoms with Gasteiger partial charge in [0.15, 0.2) is 15.0 Å². The van der Waals surface area contributed by atoms with Gasteiger partial charge in [-0.15, -0.1) is 0 Å². The van der Waals surface area contributed by atoms with Crippen LogP contribution in [0.4, 0.5) is 0 Å². The van der Waals surface area contributed by atoms with Crippen LogP contribution in [0.2, 0.25) is 5.15 Å². The van der Waals surface area contributed by atoms with Crippen LogP contribution >= 0.6 is 11.6 Å². The molecule has 0 radical (unpaired) electrons. The molecule has 100 valence electrons. The molecule has 3 rings (SSSR count). The number of halogens is 1. The first-order valence-corrected chi connectivity index (χ1v) is 8.29. The van der Waals surface area contributed by atoms with Gasteiger partial charge in [-0.05, 0) is 19.3 Å². The summed E-state index contributed by atoms with van der Waals surface area (Å²) >= 11 is 6.10. The minimum atomic E-state index is -2.93. The van der Waals surface area contributed by atoms with E-state index in [0.29, 0.717) is 31.0 Å². The van der Waals surface area contributed by atoms with Gasteiger partial charge in [0, 0.05) is 5.92 Å². The molecule has 1 aromatic rings. The number of aliphatic hydroxyl groups is 1. The quantitative estimate of drug-likeness (QED) is 0.828. The summed E-state index contributed by atoms with van der Waals surface area (Å²) in [6, 6.07) is 0. The first-order valence-electron chi connectivity index (χ1n) is 6.09. The normalized spacial score (nSPS) is 30.3.